The SMILES string of the molecule is CC(C)C(C)F.CC(C)CF. The molecular weight excluding hydrogens is 146 g/mol. The molecule has 0 fully saturated rings. The van der Waals surface area contributed by atoms with Crippen LogP contribution >= 0.6 is 0 Å². The quantitative estimate of drug-likeness (QED) is 0.588. The first-order valence-electron chi connectivity index (χ1n) is 4.11. The van der Waals surface area contributed by atoms with Crippen LogP contribution in [-0.2, 0) is 0 Å². The molecule has 0 aliphatic heterocycles. The van der Waals surface area contributed by atoms with Crippen molar-refractivity contribution in [2.75, 3.05) is 6.67 Å². The lowest BCUT2D eigenvalue weighted by atomic mass is 10.1. The summed E-state index contributed by atoms with van der Waals surface area (Å²) in [6.45, 7) is 8.81. The molecule has 0 spiro atoms. The fourth-order valence-corrected chi connectivity index (χ4v) is 0. The smallest absolute Gasteiger partial charge is 0.0996 e. The molecule has 0 aromatic carbocycles. The predicted molar refractivity (Wildman–Crippen MR) is 46.2 cm³/mol. The lowest BCUT2D eigenvalue weighted by Gasteiger charge is -2.01. The Labute approximate surface area is 69.0 Å². The number of alkyl halides is 2. The van der Waals surface area contributed by atoms with E-state index in [1.54, 1.807) is 6.92 Å². The summed E-state index contributed by atoms with van der Waals surface area (Å²) >= 11 is 0. The maximum absolute atomic E-state index is 11.8. The fourth-order valence-electron chi connectivity index (χ4n) is 0. The molecule has 0 rings (SSSR count). The summed E-state index contributed by atoms with van der Waals surface area (Å²) in [4.78, 5) is 0. The van der Waals surface area contributed by atoms with E-state index in [1.807, 2.05) is 27.7 Å². The van der Waals surface area contributed by atoms with Gasteiger partial charge in [0, 0.05) is 0 Å². The molecule has 0 radical (unpaired) electrons. The molecule has 0 nitrogen and oxygen atoms in total. The van der Waals surface area contributed by atoms with Crippen LogP contribution in [-0.4, -0.2) is 12.8 Å². The molecule has 70 valence electrons. The average molecular weight is 166 g/mol. The minimum absolute atomic E-state index is 0.185. The highest BCUT2D eigenvalue weighted by molar-refractivity contribution is 4.49. The Balaban J connectivity index is 0. The number of hydrogen-bond donors (Lipinski definition) is 0. The molecule has 1 atom stereocenters. The van der Waals surface area contributed by atoms with Crippen molar-refractivity contribution in [1.82, 2.24) is 0 Å². The topological polar surface area (TPSA) is 0 Å². The van der Waals surface area contributed by atoms with Gasteiger partial charge in [0.2, 0.25) is 0 Å². The molecule has 1 unspecified atom stereocenters. The molecule has 0 aromatic rings. The zero-order chi connectivity index (χ0) is 9.44. The van der Waals surface area contributed by atoms with Gasteiger partial charge >= 0.3 is 0 Å². The van der Waals surface area contributed by atoms with E-state index in [2.05, 4.69) is 0 Å². The second-order valence-corrected chi connectivity index (χ2v) is 3.47. The first kappa shape index (κ1) is 13.4. The van der Waals surface area contributed by atoms with Crippen molar-refractivity contribution in [3.8, 4) is 0 Å². The van der Waals surface area contributed by atoms with Crippen molar-refractivity contribution in [2.45, 2.75) is 40.8 Å². The van der Waals surface area contributed by atoms with E-state index in [0.717, 1.165) is 0 Å². The van der Waals surface area contributed by atoms with Gasteiger partial charge in [0.1, 0.15) is 0 Å². The molecule has 0 aliphatic rings. The van der Waals surface area contributed by atoms with Gasteiger partial charge in [-0.05, 0) is 18.8 Å². The van der Waals surface area contributed by atoms with Crippen LogP contribution < -0.4 is 0 Å². The van der Waals surface area contributed by atoms with Crippen molar-refractivity contribution in [3.05, 3.63) is 0 Å². The van der Waals surface area contributed by atoms with Gasteiger partial charge in [0.05, 0.1) is 12.8 Å². The lowest BCUT2D eigenvalue weighted by Crippen LogP contribution is -2.01. The van der Waals surface area contributed by atoms with Crippen LogP contribution in [0.15, 0.2) is 0 Å². The molecule has 0 N–H and O–H groups in total. The predicted octanol–water partition coefficient (Wildman–Crippen LogP) is 3.61. The van der Waals surface area contributed by atoms with Crippen LogP contribution in [0.4, 0.5) is 8.78 Å². The van der Waals surface area contributed by atoms with Crippen molar-refractivity contribution >= 4 is 0 Å². The van der Waals surface area contributed by atoms with E-state index >= 15 is 0 Å². The van der Waals surface area contributed by atoms with Gasteiger partial charge in [-0.3, -0.25) is 4.39 Å². The fraction of sp³-hybridized carbons (Fsp3) is 1.00. The first-order valence-corrected chi connectivity index (χ1v) is 4.11. The van der Waals surface area contributed by atoms with E-state index in [0.29, 0.717) is 0 Å². The van der Waals surface area contributed by atoms with Crippen molar-refractivity contribution in [1.29, 1.82) is 0 Å². The van der Waals surface area contributed by atoms with Crippen LogP contribution in [0.2, 0.25) is 0 Å². The van der Waals surface area contributed by atoms with Crippen LogP contribution in [0, 0.1) is 11.8 Å². The van der Waals surface area contributed by atoms with Crippen LogP contribution in [0.5, 0.6) is 0 Å². The largest absolute Gasteiger partial charge is 0.251 e. The Kier molecular flexibility index (Phi) is 9.73. The van der Waals surface area contributed by atoms with E-state index in [1.165, 1.54) is 0 Å². The third-order valence-electron chi connectivity index (χ3n) is 1.23. The van der Waals surface area contributed by atoms with E-state index in [4.69, 9.17) is 0 Å². The second-order valence-electron chi connectivity index (χ2n) is 3.47. The Morgan fingerprint density at radius 3 is 1.18 bits per heavy atom. The highest BCUT2D eigenvalue weighted by atomic mass is 19.1. The van der Waals surface area contributed by atoms with Crippen LogP contribution in [0.25, 0.3) is 0 Å². The lowest BCUT2D eigenvalue weighted by molar-refractivity contribution is 0.280. The summed E-state index contributed by atoms with van der Waals surface area (Å²) in [5, 5.41) is 0. The van der Waals surface area contributed by atoms with Gasteiger partial charge in [0.25, 0.3) is 0 Å². The monoisotopic (exact) mass is 166 g/mol. The van der Waals surface area contributed by atoms with E-state index in [9.17, 15) is 8.78 Å². The van der Waals surface area contributed by atoms with Crippen LogP contribution in [0.3, 0.4) is 0 Å². The maximum atomic E-state index is 11.8. The van der Waals surface area contributed by atoms with Gasteiger partial charge in [-0.2, -0.15) is 0 Å². The van der Waals surface area contributed by atoms with E-state index < -0.39 is 6.17 Å². The Hall–Kier alpha value is -0.140. The van der Waals surface area contributed by atoms with Crippen molar-refractivity contribution in [2.24, 2.45) is 11.8 Å². The average Bonchev–Trinajstić information content (AvgIpc) is 1.89. The molecule has 0 bridgehead atoms. The van der Waals surface area contributed by atoms with Gasteiger partial charge in [-0.15, -0.1) is 0 Å². The molecule has 0 amide bonds. The normalized spacial score (nSPS) is 12.8. The molecule has 0 aliphatic carbocycles. The first-order chi connectivity index (χ1) is 4.91. The Morgan fingerprint density at radius 1 is 1.00 bits per heavy atom. The number of halogens is 2. The van der Waals surface area contributed by atoms with Gasteiger partial charge in [-0.1, -0.05) is 27.7 Å². The standard InChI is InChI=1S/C5H11F.C4H9F/c1-4(2)5(3)6;1-4(2)3-5/h4-5H,1-3H3;4H,3H2,1-2H3. The van der Waals surface area contributed by atoms with E-state index in [-0.39, 0.29) is 18.5 Å². The second kappa shape index (κ2) is 7.96. The van der Waals surface area contributed by atoms with Gasteiger partial charge in [0.15, 0.2) is 0 Å². The molecule has 0 saturated carbocycles. The summed E-state index contributed by atoms with van der Waals surface area (Å²) in [7, 11) is 0. The summed E-state index contributed by atoms with van der Waals surface area (Å²) in [5.41, 5.74) is 0. The highest BCUT2D eigenvalue weighted by Gasteiger charge is 2.00. The third-order valence-corrected chi connectivity index (χ3v) is 1.23. The minimum atomic E-state index is -0.648. The third kappa shape index (κ3) is 17.7. The molecule has 11 heavy (non-hydrogen) atoms. The van der Waals surface area contributed by atoms with Crippen molar-refractivity contribution < 1.29 is 8.78 Å². The summed E-state index contributed by atoms with van der Waals surface area (Å²) in [6, 6.07) is 0. The molecule has 0 aromatic heterocycles. The molecule has 2 heteroatoms. The highest BCUT2D eigenvalue weighted by Crippen LogP contribution is 2.02. The maximum Gasteiger partial charge on any atom is 0.0996 e. The van der Waals surface area contributed by atoms with Gasteiger partial charge < -0.3 is 0 Å². The van der Waals surface area contributed by atoms with Gasteiger partial charge in [-0.25, -0.2) is 4.39 Å². The zero-order valence-corrected chi connectivity index (χ0v) is 8.20. The van der Waals surface area contributed by atoms with Crippen LogP contribution in [0.1, 0.15) is 34.6 Å². The molecule has 0 heterocycles. The number of rotatable bonds is 2. The summed E-state index contributed by atoms with van der Waals surface area (Å²) in [6.07, 6.45) is -0.648. The van der Waals surface area contributed by atoms with Crippen molar-refractivity contribution in [3.63, 3.8) is 0 Å². The Bertz CT molecular complexity index is 62.0. The molecule has 0 saturated heterocycles. The zero-order valence-electron chi connectivity index (χ0n) is 8.20. The Morgan fingerprint density at radius 2 is 1.18 bits per heavy atom. The summed E-state index contributed by atoms with van der Waals surface area (Å²) < 4.78 is 22.9. The molecular formula is C9H20F2. The number of hydrogen-bond acceptors (Lipinski definition) is 0. The minimum Gasteiger partial charge on any atom is -0.251 e. The summed E-state index contributed by atoms with van der Waals surface area (Å²) in [5.74, 6) is 0.403.